The summed E-state index contributed by atoms with van der Waals surface area (Å²) in [6.45, 7) is 0. The summed E-state index contributed by atoms with van der Waals surface area (Å²) < 4.78 is 1.76. The summed E-state index contributed by atoms with van der Waals surface area (Å²) in [4.78, 5) is 4.14. The Labute approximate surface area is 59.1 Å². The average molecular weight is 131 g/mol. The van der Waals surface area contributed by atoms with E-state index in [4.69, 9.17) is 0 Å². The summed E-state index contributed by atoms with van der Waals surface area (Å²) in [7, 11) is 3.76. The van der Waals surface area contributed by atoms with Gasteiger partial charge in [-0.15, -0.1) is 0 Å². The molecule has 0 N–H and O–H groups in total. The number of hydrogen-bond acceptors (Lipinski definition) is 1. The summed E-state index contributed by atoms with van der Waals surface area (Å²) in [5, 5.41) is 1.14. The predicted molar refractivity (Wildman–Crippen MR) is 40.5 cm³/mol. The Hall–Kier alpha value is -1.31. The molecule has 1 radical (unpaired) electrons. The van der Waals surface area contributed by atoms with Gasteiger partial charge < -0.3 is 4.57 Å². The van der Waals surface area contributed by atoms with Crippen LogP contribution in [0.25, 0.3) is 11.0 Å². The van der Waals surface area contributed by atoms with Crippen LogP contribution >= 0.6 is 0 Å². The minimum atomic E-state index is 0.933. The van der Waals surface area contributed by atoms with Gasteiger partial charge >= 0.3 is 0 Å². The summed E-state index contributed by atoms with van der Waals surface area (Å²) in [6, 6.07) is 5.93. The normalized spacial score (nSPS) is 10.5. The van der Waals surface area contributed by atoms with E-state index in [9.17, 15) is 0 Å². The first-order valence-electron chi connectivity index (χ1n) is 3.11. The van der Waals surface area contributed by atoms with Crippen LogP contribution in [0.1, 0.15) is 0 Å². The Bertz CT molecular complexity index is 349. The standard InChI is InChI=1S/C8H7N2/c1-10-6-4-7-3-2-5-9-8(7)10/h2-6H,1H2. The monoisotopic (exact) mass is 131 g/mol. The van der Waals surface area contributed by atoms with Gasteiger partial charge in [0.1, 0.15) is 5.65 Å². The van der Waals surface area contributed by atoms with Gasteiger partial charge in [-0.3, -0.25) is 0 Å². The quantitative estimate of drug-likeness (QED) is 0.531. The van der Waals surface area contributed by atoms with Gasteiger partial charge in [-0.2, -0.15) is 0 Å². The van der Waals surface area contributed by atoms with Crippen molar-refractivity contribution >= 4 is 11.0 Å². The van der Waals surface area contributed by atoms with E-state index in [1.807, 2.05) is 24.4 Å². The molecule has 0 amide bonds. The number of rotatable bonds is 0. The molecule has 0 saturated heterocycles. The van der Waals surface area contributed by atoms with Crippen LogP contribution in [0.3, 0.4) is 0 Å². The first kappa shape index (κ1) is 5.47. The zero-order valence-corrected chi connectivity index (χ0v) is 5.49. The van der Waals surface area contributed by atoms with Gasteiger partial charge in [-0.05, 0) is 18.2 Å². The fourth-order valence-electron chi connectivity index (χ4n) is 1.02. The molecule has 49 valence electrons. The maximum Gasteiger partial charge on any atom is 0.139 e. The van der Waals surface area contributed by atoms with Gasteiger partial charge in [0.2, 0.25) is 0 Å². The lowest BCUT2D eigenvalue weighted by atomic mass is 10.3. The van der Waals surface area contributed by atoms with Crippen molar-refractivity contribution in [2.45, 2.75) is 0 Å². The molecule has 0 unspecified atom stereocenters. The lowest BCUT2D eigenvalue weighted by Gasteiger charge is -1.90. The van der Waals surface area contributed by atoms with E-state index in [-0.39, 0.29) is 0 Å². The minimum Gasteiger partial charge on any atom is -0.331 e. The van der Waals surface area contributed by atoms with E-state index in [0.717, 1.165) is 11.0 Å². The summed E-state index contributed by atoms with van der Waals surface area (Å²) in [5.74, 6) is 0. The van der Waals surface area contributed by atoms with E-state index >= 15 is 0 Å². The third-order valence-corrected chi connectivity index (χ3v) is 1.52. The van der Waals surface area contributed by atoms with Crippen molar-refractivity contribution in [1.29, 1.82) is 0 Å². The number of nitrogens with zero attached hydrogens (tertiary/aromatic N) is 2. The third kappa shape index (κ3) is 0.620. The second-order valence-electron chi connectivity index (χ2n) is 2.20. The van der Waals surface area contributed by atoms with Crippen molar-refractivity contribution in [3.63, 3.8) is 0 Å². The SMILES string of the molecule is [CH2]n1ccc2cccnc21. The third-order valence-electron chi connectivity index (χ3n) is 1.52. The number of aromatic nitrogens is 2. The highest BCUT2D eigenvalue weighted by molar-refractivity contribution is 5.75. The Morgan fingerprint density at radius 3 is 3.10 bits per heavy atom. The molecule has 2 heteroatoms. The predicted octanol–water partition coefficient (Wildman–Crippen LogP) is 1.68. The fourth-order valence-corrected chi connectivity index (χ4v) is 1.02. The molecule has 2 nitrogen and oxygen atoms in total. The minimum absolute atomic E-state index is 0.933. The molecule has 10 heavy (non-hydrogen) atoms. The van der Waals surface area contributed by atoms with Crippen LogP contribution in [0.15, 0.2) is 30.6 Å². The molecule has 0 bridgehead atoms. The van der Waals surface area contributed by atoms with Crippen LogP contribution < -0.4 is 0 Å². The Balaban J connectivity index is 2.93. The summed E-state index contributed by atoms with van der Waals surface area (Å²) >= 11 is 0. The second kappa shape index (κ2) is 1.84. The molecule has 0 fully saturated rings. The largest absolute Gasteiger partial charge is 0.331 e. The van der Waals surface area contributed by atoms with E-state index in [1.165, 1.54) is 0 Å². The topological polar surface area (TPSA) is 17.8 Å². The lowest BCUT2D eigenvalue weighted by molar-refractivity contribution is 1.10. The Morgan fingerprint density at radius 1 is 1.40 bits per heavy atom. The summed E-state index contributed by atoms with van der Waals surface area (Å²) in [5.41, 5.74) is 0.933. The molecule has 0 spiro atoms. The van der Waals surface area contributed by atoms with Crippen molar-refractivity contribution < 1.29 is 0 Å². The highest BCUT2D eigenvalue weighted by Crippen LogP contribution is 2.09. The molecule has 2 heterocycles. The fraction of sp³-hybridized carbons (Fsp3) is 0. The molecule has 2 aromatic heterocycles. The van der Waals surface area contributed by atoms with Crippen LogP contribution in [-0.4, -0.2) is 9.55 Å². The lowest BCUT2D eigenvalue weighted by Crippen LogP contribution is -1.82. The summed E-state index contributed by atoms with van der Waals surface area (Å²) in [6.07, 6.45) is 3.67. The average Bonchev–Trinajstić information content (AvgIpc) is 2.34. The molecule has 0 aromatic carbocycles. The van der Waals surface area contributed by atoms with Crippen LogP contribution in [0.2, 0.25) is 0 Å². The zero-order valence-electron chi connectivity index (χ0n) is 5.49. The highest BCUT2D eigenvalue weighted by atomic mass is 15.0. The van der Waals surface area contributed by atoms with Crippen molar-refractivity contribution in [1.82, 2.24) is 9.55 Å². The van der Waals surface area contributed by atoms with Crippen molar-refractivity contribution in [3.05, 3.63) is 37.6 Å². The highest BCUT2D eigenvalue weighted by Gasteiger charge is 1.94. The molecule has 0 aliphatic carbocycles. The van der Waals surface area contributed by atoms with Gasteiger partial charge in [-0.1, -0.05) is 0 Å². The van der Waals surface area contributed by atoms with Gasteiger partial charge in [0, 0.05) is 24.8 Å². The Morgan fingerprint density at radius 2 is 2.30 bits per heavy atom. The van der Waals surface area contributed by atoms with Crippen molar-refractivity contribution in [2.24, 2.45) is 0 Å². The van der Waals surface area contributed by atoms with Crippen molar-refractivity contribution in [3.8, 4) is 0 Å². The number of pyridine rings is 1. The van der Waals surface area contributed by atoms with Crippen LogP contribution in [0, 0.1) is 7.05 Å². The second-order valence-corrected chi connectivity index (χ2v) is 2.20. The molecule has 0 atom stereocenters. The van der Waals surface area contributed by atoms with E-state index < -0.39 is 0 Å². The zero-order chi connectivity index (χ0) is 6.97. The molecule has 2 rings (SSSR count). The van der Waals surface area contributed by atoms with E-state index in [2.05, 4.69) is 12.0 Å². The molecule has 0 aliphatic rings. The maximum absolute atomic E-state index is 4.14. The molecule has 0 aliphatic heterocycles. The first-order valence-corrected chi connectivity index (χ1v) is 3.11. The maximum atomic E-state index is 4.14. The number of fused-ring (bicyclic) bond motifs is 1. The van der Waals surface area contributed by atoms with E-state index in [1.54, 1.807) is 10.8 Å². The van der Waals surface area contributed by atoms with Crippen molar-refractivity contribution in [2.75, 3.05) is 0 Å². The molecule has 0 saturated carbocycles. The first-order chi connectivity index (χ1) is 4.88. The smallest absolute Gasteiger partial charge is 0.139 e. The number of hydrogen-bond donors (Lipinski definition) is 0. The molecule has 2 aromatic rings. The van der Waals surface area contributed by atoms with Crippen LogP contribution in [-0.2, 0) is 0 Å². The Kier molecular flexibility index (Phi) is 1.01. The van der Waals surface area contributed by atoms with Crippen LogP contribution in [0.4, 0.5) is 0 Å². The molecular formula is C8H7N2. The van der Waals surface area contributed by atoms with Gasteiger partial charge in [0.05, 0.1) is 0 Å². The molecular weight excluding hydrogens is 124 g/mol. The van der Waals surface area contributed by atoms with Crippen LogP contribution in [0.5, 0.6) is 0 Å². The van der Waals surface area contributed by atoms with Gasteiger partial charge in [0.15, 0.2) is 0 Å². The van der Waals surface area contributed by atoms with Gasteiger partial charge in [-0.25, -0.2) is 4.98 Å². The van der Waals surface area contributed by atoms with E-state index in [0.29, 0.717) is 0 Å². The van der Waals surface area contributed by atoms with Gasteiger partial charge in [0.25, 0.3) is 0 Å².